The number of fused-ring (bicyclic) bond motifs is 1. The van der Waals surface area contributed by atoms with Crippen LogP contribution in [-0.2, 0) is 10.0 Å². The van der Waals surface area contributed by atoms with Gasteiger partial charge >= 0.3 is 0 Å². The van der Waals surface area contributed by atoms with E-state index in [0.29, 0.717) is 54.8 Å². The number of ether oxygens (including phenoxy) is 2. The van der Waals surface area contributed by atoms with Gasteiger partial charge in [-0.3, -0.25) is 14.5 Å². The predicted molar refractivity (Wildman–Crippen MR) is 104 cm³/mol. The molecule has 2 heterocycles. The Balaban J connectivity index is 1.51. The van der Waals surface area contributed by atoms with Crippen molar-refractivity contribution in [1.82, 2.24) is 4.72 Å². The summed E-state index contributed by atoms with van der Waals surface area (Å²) in [6.45, 7) is 1.53. The standard InChI is InChI=1S/C19H19N3O5S/c23-19(13-6-7-16-17(11-13)27-10-9-26-16)21-14-3-1-4-15(12-14)28(24,25)22-18-5-2-8-20-18/h1,3-4,6-7,11-12H,2,5,8-10H2,(H,20,22)(H,21,23). The molecule has 0 aromatic heterocycles. The number of hydrogen-bond donors (Lipinski definition) is 2. The van der Waals surface area contributed by atoms with E-state index < -0.39 is 10.0 Å². The molecule has 0 saturated heterocycles. The number of benzene rings is 2. The van der Waals surface area contributed by atoms with Crippen LogP contribution in [0.1, 0.15) is 23.2 Å². The summed E-state index contributed by atoms with van der Waals surface area (Å²) in [5.74, 6) is 1.19. The highest BCUT2D eigenvalue weighted by atomic mass is 32.2. The van der Waals surface area contributed by atoms with Gasteiger partial charge in [-0.1, -0.05) is 6.07 Å². The Kier molecular flexibility index (Phi) is 4.91. The minimum atomic E-state index is -3.75. The van der Waals surface area contributed by atoms with E-state index >= 15 is 0 Å². The van der Waals surface area contributed by atoms with E-state index in [4.69, 9.17) is 9.47 Å². The van der Waals surface area contributed by atoms with Gasteiger partial charge in [0.1, 0.15) is 19.0 Å². The van der Waals surface area contributed by atoms with Gasteiger partial charge in [0.25, 0.3) is 15.9 Å². The Morgan fingerprint density at radius 2 is 1.86 bits per heavy atom. The maximum Gasteiger partial charge on any atom is 0.262 e. The number of anilines is 1. The molecule has 0 unspecified atom stereocenters. The minimum Gasteiger partial charge on any atom is -0.486 e. The van der Waals surface area contributed by atoms with Gasteiger partial charge in [0.05, 0.1) is 4.90 Å². The average molecular weight is 401 g/mol. The van der Waals surface area contributed by atoms with E-state index in [1.807, 2.05) is 0 Å². The van der Waals surface area contributed by atoms with E-state index in [1.165, 1.54) is 12.1 Å². The molecular formula is C19H19N3O5S. The molecule has 0 fully saturated rings. The number of carbonyl (C=O) groups is 1. The lowest BCUT2D eigenvalue weighted by Crippen LogP contribution is -2.29. The number of nitrogens with one attached hydrogen (secondary N) is 2. The maximum absolute atomic E-state index is 12.5. The van der Waals surface area contributed by atoms with Crippen LogP contribution in [0.4, 0.5) is 5.69 Å². The van der Waals surface area contributed by atoms with Crippen molar-refractivity contribution in [3.05, 3.63) is 48.0 Å². The third-order valence-corrected chi connectivity index (χ3v) is 5.71. The molecule has 1 amide bonds. The van der Waals surface area contributed by atoms with Crippen LogP contribution in [0.2, 0.25) is 0 Å². The first-order valence-electron chi connectivity index (χ1n) is 8.88. The summed E-state index contributed by atoms with van der Waals surface area (Å²) in [6.07, 6.45) is 1.45. The predicted octanol–water partition coefficient (Wildman–Crippen LogP) is 2.18. The molecule has 2 aliphatic heterocycles. The van der Waals surface area contributed by atoms with Crippen LogP contribution >= 0.6 is 0 Å². The summed E-state index contributed by atoms with van der Waals surface area (Å²) >= 11 is 0. The van der Waals surface area contributed by atoms with E-state index in [0.717, 1.165) is 6.42 Å². The maximum atomic E-state index is 12.5. The molecule has 0 spiro atoms. The van der Waals surface area contributed by atoms with Crippen molar-refractivity contribution in [2.75, 3.05) is 25.1 Å². The van der Waals surface area contributed by atoms with Crippen LogP contribution < -0.4 is 19.5 Å². The Hall–Kier alpha value is -3.07. The number of sulfonamides is 1. The van der Waals surface area contributed by atoms with Gasteiger partial charge in [-0.25, -0.2) is 8.42 Å². The smallest absolute Gasteiger partial charge is 0.262 e. The Morgan fingerprint density at radius 1 is 1.04 bits per heavy atom. The van der Waals surface area contributed by atoms with Gasteiger partial charge in [0.15, 0.2) is 11.5 Å². The summed E-state index contributed by atoms with van der Waals surface area (Å²) in [5, 5.41) is 2.71. The van der Waals surface area contributed by atoms with Crippen LogP contribution in [0.5, 0.6) is 11.5 Å². The molecule has 0 bridgehead atoms. The number of hydrogen-bond acceptors (Lipinski definition) is 6. The van der Waals surface area contributed by atoms with Crippen molar-refractivity contribution >= 4 is 27.5 Å². The van der Waals surface area contributed by atoms with Crippen molar-refractivity contribution in [2.24, 2.45) is 4.99 Å². The van der Waals surface area contributed by atoms with Crippen molar-refractivity contribution in [1.29, 1.82) is 0 Å². The molecule has 0 aliphatic carbocycles. The summed E-state index contributed by atoms with van der Waals surface area (Å²) in [4.78, 5) is 16.7. The fourth-order valence-corrected chi connectivity index (χ4v) is 4.10. The fourth-order valence-electron chi connectivity index (χ4n) is 2.97. The summed E-state index contributed by atoms with van der Waals surface area (Å²) in [7, 11) is -3.75. The molecule has 2 aliphatic rings. The molecule has 2 aromatic carbocycles. The van der Waals surface area contributed by atoms with Gasteiger partial charge in [0.2, 0.25) is 0 Å². The quantitative estimate of drug-likeness (QED) is 0.817. The van der Waals surface area contributed by atoms with Gasteiger partial charge in [-0.15, -0.1) is 0 Å². The molecule has 0 saturated carbocycles. The Bertz CT molecular complexity index is 1050. The second kappa shape index (κ2) is 7.51. The van der Waals surface area contributed by atoms with E-state index in [9.17, 15) is 13.2 Å². The number of aliphatic imine (C=N–C) groups is 1. The fraction of sp³-hybridized carbons (Fsp3) is 0.263. The molecule has 4 rings (SSSR count). The normalized spacial score (nSPS) is 15.6. The van der Waals surface area contributed by atoms with Crippen molar-refractivity contribution in [2.45, 2.75) is 17.7 Å². The van der Waals surface area contributed by atoms with Crippen LogP contribution in [0.25, 0.3) is 0 Å². The third kappa shape index (κ3) is 3.94. The number of rotatable bonds is 4. The molecule has 2 N–H and O–H groups in total. The van der Waals surface area contributed by atoms with Crippen molar-refractivity contribution in [3.63, 3.8) is 0 Å². The number of amidine groups is 1. The molecule has 146 valence electrons. The van der Waals surface area contributed by atoms with E-state index in [-0.39, 0.29) is 10.8 Å². The zero-order valence-corrected chi connectivity index (χ0v) is 15.8. The van der Waals surface area contributed by atoms with Crippen LogP contribution in [0, 0.1) is 0 Å². The Morgan fingerprint density at radius 3 is 2.64 bits per heavy atom. The van der Waals surface area contributed by atoms with Crippen LogP contribution in [-0.4, -0.2) is 39.9 Å². The van der Waals surface area contributed by atoms with Gasteiger partial charge in [0, 0.05) is 24.2 Å². The summed E-state index contributed by atoms with van der Waals surface area (Å²) in [6, 6.07) is 11.0. The number of amides is 1. The van der Waals surface area contributed by atoms with Crippen molar-refractivity contribution in [3.8, 4) is 11.5 Å². The largest absolute Gasteiger partial charge is 0.486 e. The first-order chi connectivity index (χ1) is 13.5. The van der Waals surface area contributed by atoms with Gasteiger partial charge in [-0.2, -0.15) is 0 Å². The first-order valence-corrected chi connectivity index (χ1v) is 10.4. The topological polar surface area (TPSA) is 106 Å². The SMILES string of the molecule is O=C(Nc1cccc(S(=O)(=O)NC2=NCCC2)c1)c1ccc2c(c1)OCCO2. The van der Waals surface area contributed by atoms with Crippen LogP contribution in [0.3, 0.4) is 0 Å². The molecule has 2 aromatic rings. The number of carbonyl (C=O) groups excluding carboxylic acids is 1. The minimum absolute atomic E-state index is 0.0575. The second-order valence-corrected chi connectivity index (χ2v) is 8.06. The van der Waals surface area contributed by atoms with Crippen LogP contribution in [0.15, 0.2) is 52.4 Å². The Labute approximate surface area is 162 Å². The van der Waals surface area contributed by atoms with E-state index in [1.54, 1.807) is 30.3 Å². The van der Waals surface area contributed by atoms with Crippen molar-refractivity contribution < 1.29 is 22.7 Å². The third-order valence-electron chi connectivity index (χ3n) is 4.33. The summed E-state index contributed by atoms with van der Waals surface area (Å²) in [5.41, 5.74) is 0.757. The lowest BCUT2D eigenvalue weighted by molar-refractivity contribution is 0.102. The molecule has 0 atom stereocenters. The molecule has 0 radical (unpaired) electrons. The number of nitrogens with zero attached hydrogens (tertiary/aromatic N) is 1. The molecule has 8 nitrogen and oxygen atoms in total. The first kappa shape index (κ1) is 18.3. The highest BCUT2D eigenvalue weighted by Crippen LogP contribution is 2.31. The van der Waals surface area contributed by atoms with E-state index in [2.05, 4.69) is 15.0 Å². The summed E-state index contributed by atoms with van der Waals surface area (Å²) < 4.78 is 38.5. The monoisotopic (exact) mass is 401 g/mol. The highest BCUT2D eigenvalue weighted by molar-refractivity contribution is 7.90. The lowest BCUT2D eigenvalue weighted by Gasteiger charge is -2.18. The molecular weight excluding hydrogens is 382 g/mol. The highest BCUT2D eigenvalue weighted by Gasteiger charge is 2.19. The molecule has 28 heavy (non-hydrogen) atoms. The lowest BCUT2D eigenvalue weighted by atomic mass is 10.1. The second-order valence-electron chi connectivity index (χ2n) is 6.38. The molecule has 9 heteroatoms. The zero-order chi connectivity index (χ0) is 19.6. The van der Waals surface area contributed by atoms with Gasteiger partial charge < -0.3 is 14.8 Å². The average Bonchev–Trinajstić information content (AvgIpc) is 3.20. The van der Waals surface area contributed by atoms with Gasteiger partial charge in [-0.05, 0) is 42.8 Å². The zero-order valence-electron chi connectivity index (χ0n) is 15.0.